The van der Waals surface area contributed by atoms with Crippen molar-refractivity contribution in [3.63, 3.8) is 0 Å². The zero-order chi connectivity index (χ0) is 21.1. The van der Waals surface area contributed by atoms with Gasteiger partial charge < -0.3 is 10.1 Å². The molecular formula is C23H25N3O4. The molecule has 0 bridgehead atoms. The number of aromatic nitrogens is 2. The second kappa shape index (κ2) is 8.67. The Bertz CT molecular complexity index is 1190. The SMILES string of the molecule is CCc1ccccc1NC(=O)Cn1c(=O)n(C[C@@H]2CCCO2)c(=O)c2ccccc21. The molecule has 30 heavy (non-hydrogen) atoms. The van der Waals surface area contributed by atoms with Crippen molar-refractivity contribution in [2.45, 2.75) is 45.4 Å². The number of benzene rings is 2. The highest BCUT2D eigenvalue weighted by Crippen LogP contribution is 2.16. The molecule has 3 aromatic rings. The third-order valence-electron chi connectivity index (χ3n) is 5.52. The molecule has 0 radical (unpaired) electrons. The first-order valence-corrected chi connectivity index (χ1v) is 10.3. The summed E-state index contributed by atoms with van der Waals surface area (Å²) >= 11 is 0. The second-order valence-electron chi connectivity index (χ2n) is 7.50. The summed E-state index contributed by atoms with van der Waals surface area (Å²) < 4.78 is 8.19. The minimum absolute atomic E-state index is 0.157. The van der Waals surface area contributed by atoms with E-state index in [1.807, 2.05) is 31.2 Å². The molecule has 2 aromatic carbocycles. The van der Waals surface area contributed by atoms with Crippen LogP contribution in [0.2, 0.25) is 0 Å². The number of fused-ring (bicyclic) bond motifs is 1. The van der Waals surface area contributed by atoms with Crippen molar-refractivity contribution < 1.29 is 9.53 Å². The van der Waals surface area contributed by atoms with Crippen molar-refractivity contribution in [2.24, 2.45) is 0 Å². The molecule has 1 saturated heterocycles. The van der Waals surface area contributed by atoms with E-state index in [-0.39, 0.29) is 30.7 Å². The maximum atomic E-state index is 13.2. The largest absolute Gasteiger partial charge is 0.376 e. The van der Waals surface area contributed by atoms with Gasteiger partial charge in [0.05, 0.1) is 23.6 Å². The molecule has 1 amide bonds. The molecule has 0 unspecified atom stereocenters. The van der Waals surface area contributed by atoms with E-state index in [1.165, 1.54) is 9.13 Å². The van der Waals surface area contributed by atoms with Crippen molar-refractivity contribution in [3.05, 3.63) is 74.9 Å². The molecular weight excluding hydrogens is 382 g/mol. The highest BCUT2D eigenvalue weighted by Gasteiger charge is 2.21. The number of nitrogens with zero attached hydrogens (tertiary/aromatic N) is 2. The number of rotatable bonds is 6. The number of hydrogen-bond donors (Lipinski definition) is 1. The summed E-state index contributed by atoms with van der Waals surface area (Å²) in [5.41, 5.74) is 1.36. The fourth-order valence-corrected chi connectivity index (χ4v) is 3.96. The monoisotopic (exact) mass is 407 g/mol. The third-order valence-corrected chi connectivity index (χ3v) is 5.52. The fourth-order valence-electron chi connectivity index (χ4n) is 3.96. The molecule has 7 heteroatoms. The summed E-state index contributed by atoms with van der Waals surface area (Å²) in [6, 6.07) is 14.5. The molecule has 4 rings (SSSR count). The topological polar surface area (TPSA) is 82.3 Å². The van der Waals surface area contributed by atoms with Gasteiger partial charge in [0.25, 0.3) is 5.56 Å². The van der Waals surface area contributed by atoms with Gasteiger partial charge >= 0.3 is 5.69 Å². The van der Waals surface area contributed by atoms with Crippen molar-refractivity contribution in [3.8, 4) is 0 Å². The molecule has 0 aliphatic carbocycles. The van der Waals surface area contributed by atoms with E-state index in [2.05, 4.69) is 5.32 Å². The lowest BCUT2D eigenvalue weighted by Crippen LogP contribution is -2.43. The van der Waals surface area contributed by atoms with E-state index < -0.39 is 5.69 Å². The number of nitrogens with one attached hydrogen (secondary N) is 1. The number of carbonyl (C=O) groups excluding carboxylic acids is 1. The molecule has 1 aliphatic heterocycles. The van der Waals surface area contributed by atoms with E-state index in [9.17, 15) is 14.4 Å². The van der Waals surface area contributed by atoms with Gasteiger partial charge in [-0.1, -0.05) is 37.3 Å². The Balaban J connectivity index is 1.71. The van der Waals surface area contributed by atoms with Crippen LogP contribution < -0.4 is 16.6 Å². The van der Waals surface area contributed by atoms with Crippen molar-refractivity contribution in [1.29, 1.82) is 0 Å². The first kappa shape index (κ1) is 20.1. The molecule has 156 valence electrons. The summed E-state index contributed by atoms with van der Waals surface area (Å²) in [6.07, 6.45) is 2.36. The van der Waals surface area contributed by atoms with Crippen LogP contribution in [-0.4, -0.2) is 27.8 Å². The Morgan fingerprint density at radius 1 is 1.10 bits per heavy atom. The van der Waals surface area contributed by atoms with Crippen LogP contribution in [0, 0.1) is 0 Å². The van der Waals surface area contributed by atoms with Gasteiger partial charge in [-0.25, -0.2) is 4.79 Å². The fraction of sp³-hybridized carbons (Fsp3) is 0.348. The summed E-state index contributed by atoms with van der Waals surface area (Å²) in [6.45, 7) is 2.68. The third kappa shape index (κ3) is 3.93. The lowest BCUT2D eigenvalue weighted by atomic mass is 10.1. The lowest BCUT2D eigenvalue weighted by molar-refractivity contribution is -0.116. The Labute approximate surface area is 173 Å². The van der Waals surface area contributed by atoms with E-state index in [0.29, 0.717) is 17.5 Å². The number of ether oxygens (including phenoxy) is 1. The van der Waals surface area contributed by atoms with Gasteiger partial charge in [0, 0.05) is 12.3 Å². The number of amides is 1. The van der Waals surface area contributed by atoms with Crippen molar-refractivity contribution >= 4 is 22.5 Å². The standard InChI is InChI=1S/C23H25N3O4/c1-2-16-8-3-5-11-19(16)24-21(27)15-25-20-12-6-4-10-18(20)22(28)26(23(25)29)14-17-9-7-13-30-17/h3-6,8,10-12,17H,2,7,9,13-15H2,1H3,(H,24,27)/t17-/m0/s1. The van der Waals surface area contributed by atoms with Gasteiger partial charge in [-0.2, -0.15) is 0 Å². The minimum atomic E-state index is -0.492. The van der Waals surface area contributed by atoms with E-state index >= 15 is 0 Å². The van der Waals surface area contributed by atoms with Gasteiger partial charge in [0.15, 0.2) is 0 Å². The first-order chi connectivity index (χ1) is 14.6. The van der Waals surface area contributed by atoms with Gasteiger partial charge in [0.2, 0.25) is 5.91 Å². The number of aryl methyl sites for hydroxylation is 1. The summed E-state index contributed by atoms with van der Waals surface area (Å²) in [4.78, 5) is 38.9. The predicted octanol–water partition coefficient (Wildman–Crippen LogP) is 2.54. The number of para-hydroxylation sites is 2. The van der Waals surface area contributed by atoms with Crippen LogP contribution in [0.4, 0.5) is 5.69 Å². The number of hydrogen-bond acceptors (Lipinski definition) is 4. The van der Waals surface area contributed by atoms with E-state index in [4.69, 9.17) is 4.74 Å². The molecule has 0 spiro atoms. The van der Waals surface area contributed by atoms with Crippen LogP contribution >= 0.6 is 0 Å². The highest BCUT2D eigenvalue weighted by molar-refractivity contribution is 5.92. The highest BCUT2D eigenvalue weighted by atomic mass is 16.5. The number of carbonyl (C=O) groups is 1. The van der Waals surface area contributed by atoms with Gasteiger partial charge in [-0.15, -0.1) is 0 Å². The molecule has 7 nitrogen and oxygen atoms in total. The normalized spacial score (nSPS) is 16.1. The summed E-state index contributed by atoms with van der Waals surface area (Å²) in [5.74, 6) is -0.314. The predicted molar refractivity (Wildman–Crippen MR) is 116 cm³/mol. The van der Waals surface area contributed by atoms with Crippen molar-refractivity contribution in [1.82, 2.24) is 9.13 Å². The number of anilines is 1. The Morgan fingerprint density at radius 3 is 2.63 bits per heavy atom. The Kier molecular flexibility index (Phi) is 5.81. The second-order valence-corrected chi connectivity index (χ2v) is 7.50. The average Bonchev–Trinajstić information content (AvgIpc) is 3.28. The molecule has 1 aliphatic rings. The van der Waals surface area contributed by atoms with Crippen LogP contribution in [0.3, 0.4) is 0 Å². The minimum Gasteiger partial charge on any atom is -0.376 e. The summed E-state index contributed by atoms with van der Waals surface area (Å²) in [5, 5.41) is 3.31. The smallest absolute Gasteiger partial charge is 0.332 e. The first-order valence-electron chi connectivity index (χ1n) is 10.3. The summed E-state index contributed by atoms with van der Waals surface area (Å²) in [7, 11) is 0. The average molecular weight is 407 g/mol. The molecule has 0 saturated carbocycles. The van der Waals surface area contributed by atoms with Crippen LogP contribution in [0.1, 0.15) is 25.3 Å². The molecule has 1 N–H and O–H groups in total. The Hall–Kier alpha value is -3.19. The molecule has 1 aromatic heterocycles. The molecule has 1 atom stereocenters. The van der Waals surface area contributed by atoms with Gasteiger partial charge in [-0.3, -0.25) is 18.7 Å². The maximum Gasteiger partial charge on any atom is 0.332 e. The lowest BCUT2D eigenvalue weighted by Gasteiger charge is -2.16. The molecule has 1 fully saturated rings. The van der Waals surface area contributed by atoms with Crippen LogP contribution in [0.25, 0.3) is 10.9 Å². The van der Waals surface area contributed by atoms with Crippen LogP contribution in [-0.2, 0) is 29.0 Å². The maximum absolute atomic E-state index is 13.2. The molecule has 2 heterocycles. The Morgan fingerprint density at radius 2 is 1.87 bits per heavy atom. The van der Waals surface area contributed by atoms with E-state index in [1.54, 1.807) is 24.3 Å². The van der Waals surface area contributed by atoms with Crippen molar-refractivity contribution in [2.75, 3.05) is 11.9 Å². The van der Waals surface area contributed by atoms with Crippen LogP contribution in [0.5, 0.6) is 0 Å². The van der Waals surface area contributed by atoms with Gasteiger partial charge in [0.1, 0.15) is 6.54 Å². The van der Waals surface area contributed by atoms with Crippen LogP contribution in [0.15, 0.2) is 58.1 Å². The zero-order valence-electron chi connectivity index (χ0n) is 17.0. The van der Waals surface area contributed by atoms with Gasteiger partial charge in [-0.05, 0) is 43.0 Å². The zero-order valence-corrected chi connectivity index (χ0v) is 17.0. The van der Waals surface area contributed by atoms with E-state index in [0.717, 1.165) is 30.5 Å². The quantitative estimate of drug-likeness (QED) is 0.681.